The number of nitro benzene ring substituents is 1. The fraction of sp³-hybridized carbons (Fsp3) is 0.500. The van der Waals surface area contributed by atoms with Crippen molar-refractivity contribution in [1.29, 1.82) is 0 Å². The molecule has 1 aromatic rings. The predicted octanol–water partition coefficient (Wildman–Crippen LogP) is 2.95. The minimum Gasteiger partial charge on any atom is -0.380 e. The van der Waals surface area contributed by atoms with Crippen LogP contribution >= 0.6 is 0 Å². The van der Waals surface area contributed by atoms with Crippen LogP contribution in [-0.4, -0.2) is 23.4 Å². The van der Waals surface area contributed by atoms with Crippen molar-refractivity contribution in [3.05, 3.63) is 33.9 Å². The van der Waals surface area contributed by atoms with Crippen LogP contribution in [0.5, 0.6) is 0 Å². The molecule has 0 heterocycles. The number of para-hydroxylation sites is 1. The van der Waals surface area contributed by atoms with Gasteiger partial charge in [-0.1, -0.05) is 19.4 Å². The largest absolute Gasteiger partial charge is 0.380 e. The van der Waals surface area contributed by atoms with Crippen molar-refractivity contribution in [3.8, 4) is 0 Å². The number of benzene rings is 1. The highest BCUT2D eigenvalue weighted by Crippen LogP contribution is 2.28. The molecule has 110 valence electrons. The van der Waals surface area contributed by atoms with Crippen LogP contribution in [-0.2, 0) is 0 Å². The first-order valence-electron chi connectivity index (χ1n) is 6.83. The third-order valence-electron chi connectivity index (χ3n) is 2.93. The number of hydrogen-bond acceptors (Lipinski definition) is 4. The van der Waals surface area contributed by atoms with Gasteiger partial charge in [-0.05, 0) is 32.4 Å². The van der Waals surface area contributed by atoms with Crippen LogP contribution in [0.25, 0.3) is 0 Å². The molecule has 0 aliphatic heterocycles. The zero-order valence-corrected chi connectivity index (χ0v) is 12.1. The van der Waals surface area contributed by atoms with Gasteiger partial charge in [0, 0.05) is 12.6 Å². The Hall–Kier alpha value is -2.11. The second-order valence-electron chi connectivity index (χ2n) is 4.65. The Morgan fingerprint density at radius 3 is 2.65 bits per heavy atom. The van der Waals surface area contributed by atoms with E-state index >= 15 is 0 Å². The third kappa shape index (κ3) is 3.94. The summed E-state index contributed by atoms with van der Waals surface area (Å²) in [5.74, 6) is -0.405. The maximum absolute atomic E-state index is 12.2. The lowest BCUT2D eigenvalue weighted by Gasteiger charge is -2.14. The Balaban J connectivity index is 3.07. The van der Waals surface area contributed by atoms with Crippen molar-refractivity contribution in [2.45, 2.75) is 39.7 Å². The topological polar surface area (TPSA) is 84.3 Å². The molecule has 0 fully saturated rings. The van der Waals surface area contributed by atoms with E-state index in [1.807, 2.05) is 20.8 Å². The van der Waals surface area contributed by atoms with Crippen molar-refractivity contribution < 1.29 is 9.72 Å². The minimum atomic E-state index is -0.516. The summed E-state index contributed by atoms with van der Waals surface area (Å²) in [6, 6.07) is 4.72. The van der Waals surface area contributed by atoms with Gasteiger partial charge in [-0.25, -0.2) is 0 Å². The number of hydrogen-bond donors (Lipinski definition) is 2. The number of rotatable bonds is 7. The molecule has 1 rings (SSSR count). The van der Waals surface area contributed by atoms with Gasteiger partial charge in [-0.2, -0.15) is 0 Å². The molecule has 6 heteroatoms. The Morgan fingerprint density at radius 2 is 2.10 bits per heavy atom. The molecule has 1 atom stereocenters. The second kappa shape index (κ2) is 7.47. The van der Waals surface area contributed by atoms with Crippen LogP contribution < -0.4 is 10.6 Å². The Morgan fingerprint density at radius 1 is 1.40 bits per heavy atom. The minimum absolute atomic E-state index is 0.00473. The Kier molecular flexibility index (Phi) is 5.96. The van der Waals surface area contributed by atoms with Gasteiger partial charge in [0.2, 0.25) is 0 Å². The van der Waals surface area contributed by atoms with Gasteiger partial charge in [0.15, 0.2) is 0 Å². The highest BCUT2D eigenvalue weighted by molar-refractivity contribution is 6.00. The SMILES string of the molecule is CCCC(C)NC(=O)c1cccc(NCC)c1[N+](=O)[O-]. The van der Waals surface area contributed by atoms with E-state index in [1.54, 1.807) is 12.1 Å². The summed E-state index contributed by atoms with van der Waals surface area (Å²) in [7, 11) is 0. The number of anilines is 1. The molecule has 1 aromatic carbocycles. The van der Waals surface area contributed by atoms with E-state index in [0.29, 0.717) is 12.2 Å². The molecule has 2 N–H and O–H groups in total. The molecule has 0 saturated heterocycles. The fourth-order valence-electron chi connectivity index (χ4n) is 2.06. The summed E-state index contributed by atoms with van der Waals surface area (Å²) < 4.78 is 0. The molecule has 1 unspecified atom stereocenters. The number of carbonyl (C=O) groups excluding carboxylic acids is 1. The van der Waals surface area contributed by atoms with Crippen molar-refractivity contribution in [2.75, 3.05) is 11.9 Å². The average Bonchev–Trinajstić information content (AvgIpc) is 2.38. The smallest absolute Gasteiger partial charge is 0.305 e. The monoisotopic (exact) mass is 279 g/mol. The fourth-order valence-corrected chi connectivity index (χ4v) is 2.06. The van der Waals surface area contributed by atoms with Crippen LogP contribution in [0, 0.1) is 10.1 Å². The van der Waals surface area contributed by atoms with Gasteiger partial charge in [-0.15, -0.1) is 0 Å². The summed E-state index contributed by atoms with van der Waals surface area (Å²) in [5.41, 5.74) is 0.292. The summed E-state index contributed by atoms with van der Waals surface area (Å²) in [6.07, 6.45) is 1.79. The van der Waals surface area contributed by atoms with Gasteiger partial charge >= 0.3 is 5.69 Å². The van der Waals surface area contributed by atoms with Crippen LogP contribution in [0.2, 0.25) is 0 Å². The number of nitro groups is 1. The number of carbonyl (C=O) groups is 1. The van der Waals surface area contributed by atoms with E-state index in [9.17, 15) is 14.9 Å². The predicted molar refractivity (Wildman–Crippen MR) is 79.1 cm³/mol. The van der Waals surface area contributed by atoms with Gasteiger partial charge in [0.05, 0.1) is 4.92 Å². The molecule has 0 aliphatic carbocycles. The average molecular weight is 279 g/mol. The molecular weight excluding hydrogens is 258 g/mol. The summed E-state index contributed by atoms with van der Waals surface area (Å²) in [6.45, 7) is 6.32. The standard InChI is InChI=1S/C14H21N3O3/c1-4-7-10(3)16-14(18)11-8-6-9-12(15-5-2)13(11)17(19)20/h6,8-10,15H,4-5,7H2,1-3H3,(H,16,18). The van der Waals surface area contributed by atoms with Crippen molar-refractivity contribution in [3.63, 3.8) is 0 Å². The molecule has 20 heavy (non-hydrogen) atoms. The normalized spacial score (nSPS) is 11.8. The molecule has 0 radical (unpaired) electrons. The van der Waals surface area contributed by atoms with Gasteiger partial charge < -0.3 is 10.6 Å². The quantitative estimate of drug-likeness (QED) is 0.593. The van der Waals surface area contributed by atoms with E-state index < -0.39 is 10.8 Å². The van der Waals surface area contributed by atoms with E-state index in [-0.39, 0.29) is 17.3 Å². The van der Waals surface area contributed by atoms with Crippen LogP contribution in [0.15, 0.2) is 18.2 Å². The maximum Gasteiger partial charge on any atom is 0.305 e. The molecule has 0 aromatic heterocycles. The van der Waals surface area contributed by atoms with E-state index in [4.69, 9.17) is 0 Å². The number of nitrogens with zero attached hydrogens (tertiary/aromatic N) is 1. The first-order valence-corrected chi connectivity index (χ1v) is 6.83. The summed E-state index contributed by atoms with van der Waals surface area (Å²) >= 11 is 0. The van der Waals surface area contributed by atoms with Crippen molar-refractivity contribution in [1.82, 2.24) is 5.32 Å². The maximum atomic E-state index is 12.2. The second-order valence-corrected chi connectivity index (χ2v) is 4.65. The highest BCUT2D eigenvalue weighted by atomic mass is 16.6. The lowest BCUT2D eigenvalue weighted by Crippen LogP contribution is -2.32. The van der Waals surface area contributed by atoms with E-state index in [2.05, 4.69) is 10.6 Å². The zero-order chi connectivity index (χ0) is 15.1. The van der Waals surface area contributed by atoms with Gasteiger partial charge in [-0.3, -0.25) is 14.9 Å². The first-order chi connectivity index (χ1) is 9.51. The molecule has 0 aliphatic rings. The highest BCUT2D eigenvalue weighted by Gasteiger charge is 2.24. The summed E-state index contributed by atoms with van der Waals surface area (Å²) in [4.78, 5) is 22.9. The van der Waals surface area contributed by atoms with E-state index in [1.165, 1.54) is 6.07 Å². The summed E-state index contributed by atoms with van der Waals surface area (Å²) in [5, 5.41) is 16.9. The molecule has 0 bridgehead atoms. The van der Waals surface area contributed by atoms with Crippen molar-refractivity contribution in [2.24, 2.45) is 0 Å². The molecular formula is C14H21N3O3. The zero-order valence-electron chi connectivity index (χ0n) is 12.1. The van der Waals surface area contributed by atoms with Gasteiger partial charge in [0.1, 0.15) is 11.3 Å². The van der Waals surface area contributed by atoms with E-state index in [0.717, 1.165) is 12.8 Å². The van der Waals surface area contributed by atoms with Crippen LogP contribution in [0.4, 0.5) is 11.4 Å². The lowest BCUT2D eigenvalue weighted by molar-refractivity contribution is -0.384. The van der Waals surface area contributed by atoms with Crippen molar-refractivity contribution >= 4 is 17.3 Å². The number of amides is 1. The third-order valence-corrected chi connectivity index (χ3v) is 2.93. The molecule has 6 nitrogen and oxygen atoms in total. The van der Waals surface area contributed by atoms with Crippen LogP contribution in [0.3, 0.4) is 0 Å². The van der Waals surface area contributed by atoms with Gasteiger partial charge in [0.25, 0.3) is 5.91 Å². The Labute approximate surface area is 118 Å². The van der Waals surface area contributed by atoms with Crippen LogP contribution in [0.1, 0.15) is 44.0 Å². The number of nitrogens with one attached hydrogen (secondary N) is 2. The molecule has 1 amide bonds. The molecule has 0 saturated carbocycles. The first kappa shape index (κ1) is 15.9. The molecule has 0 spiro atoms. The lowest BCUT2D eigenvalue weighted by atomic mass is 10.1. The Bertz CT molecular complexity index is 489.